The van der Waals surface area contributed by atoms with E-state index in [-0.39, 0.29) is 0 Å². The summed E-state index contributed by atoms with van der Waals surface area (Å²) in [4.78, 5) is 0. The molecule has 2 aromatic carbocycles. The normalized spacial score (nSPS) is 22.2. The van der Waals surface area contributed by atoms with Crippen LogP contribution in [0.1, 0.15) is 73.1 Å². The summed E-state index contributed by atoms with van der Waals surface area (Å²) in [5, 5.41) is 0. The molecule has 0 saturated carbocycles. The van der Waals surface area contributed by atoms with Gasteiger partial charge in [0.2, 0.25) is 0 Å². The van der Waals surface area contributed by atoms with Gasteiger partial charge in [0, 0.05) is 0 Å². The van der Waals surface area contributed by atoms with E-state index in [1.807, 2.05) is 0 Å². The molecule has 0 amide bonds. The molecular formula is C25H27Zr. The summed E-state index contributed by atoms with van der Waals surface area (Å²) in [6.07, 6.45) is 16.1. The van der Waals surface area contributed by atoms with Gasteiger partial charge in [-0.1, -0.05) is 0 Å². The van der Waals surface area contributed by atoms with Crippen LogP contribution >= 0.6 is 0 Å². The van der Waals surface area contributed by atoms with E-state index in [9.17, 15) is 0 Å². The van der Waals surface area contributed by atoms with Gasteiger partial charge in [0.1, 0.15) is 0 Å². The molecule has 0 N–H and O–H groups in total. The maximum atomic E-state index is 2.49. The average Bonchev–Trinajstić information content (AvgIpc) is 3.24. The fourth-order valence-electron chi connectivity index (χ4n) is 4.46. The van der Waals surface area contributed by atoms with Crippen molar-refractivity contribution in [3.05, 3.63) is 82.9 Å². The fraction of sp³-hybridized carbons (Fsp3) is 0.360. The number of hydrogen-bond acceptors (Lipinski definition) is 0. The van der Waals surface area contributed by atoms with Crippen LogP contribution in [0.15, 0.2) is 60.7 Å². The van der Waals surface area contributed by atoms with Crippen molar-refractivity contribution >= 4 is 12.2 Å². The summed E-state index contributed by atoms with van der Waals surface area (Å²) in [6, 6.07) is 17.8. The Morgan fingerprint density at radius 2 is 1.31 bits per heavy atom. The van der Waals surface area contributed by atoms with E-state index in [1.54, 1.807) is 24.7 Å². The zero-order valence-electron chi connectivity index (χ0n) is 15.6. The fourth-order valence-corrected chi connectivity index (χ4v) is 5.25. The van der Waals surface area contributed by atoms with Crippen LogP contribution in [-0.4, -0.2) is 0 Å². The van der Waals surface area contributed by atoms with Crippen molar-refractivity contribution in [3.8, 4) is 0 Å². The molecule has 2 aromatic rings. The monoisotopic (exact) mass is 417 g/mol. The topological polar surface area (TPSA) is 0 Å². The summed E-state index contributed by atoms with van der Waals surface area (Å²) < 4.78 is 0.514. The van der Waals surface area contributed by atoms with Gasteiger partial charge in [-0.05, 0) is 0 Å². The van der Waals surface area contributed by atoms with E-state index in [1.165, 1.54) is 54.4 Å². The second kappa shape index (κ2) is 7.81. The van der Waals surface area contributed by atoms with E-state index >= 15 is 0 Å². The molecule has 0 nitrogen and oxygen atoms in total. The average molecular weight is 419 g/mol. The van der Waals surface area contributed by atoms with Gasteiger partial charge in [-0.25, -0.2) is 0 Å². The first-order valence-corrected chi connectivity index (χ1v) is 11.1. The molecule has 0 aromatic heterocycles. The molecule has 0 spiro atoms. The molecule has 0 fully saturated rings. The van der Waals surface area contributed by atoms with Crippen molar-refractivity contribution in [2.45, 2.75) is 54.0 Å². The minimum atomic E-state index is 0.514. The first-order chi connectivity index (χ1) is 12.6. The molecule has 0 saturated heterocycles. The van der Waals surface area contributed by atoms with Crippen LogP contribution in [0.3, 0.4) is 0 Å². The molecule has 2 aliphatic rings. The van der Waals surface area contributed by atoms with Crippen LogP contribution < -0.4 is 0 Å². The predicted octanol–water partition coefficient (Wildman–Crippen LogP) is 7.28. The molecule has 131 valence electrons. The molecule has 0 aliphatic heterocycles. The van der Waals surface area contributed by atoms with Crippen LogP contribution in [0.4, 0.5) is 0 Å². The van der Waals surface area contributed by atoms with Gasteiger partial charge in [-0.15, -0.1) is 0 Å². The molecule has 0 heterocycles. The Bertz CT molecular complexity index is 828. The van der Waals surface area contributed by atoms with E-state index in [2.05, 4.69) is 79.8 Å². The Hall–Kier alpha value is -1.20. The summed E-state index contributed by atoms with van der Waals surface area (Å²) in [6.45, 7) is 2.49. The SMILES string of the molecule is C[C]([Zr])(CCCC1C=Cc2ccccc21)CCC1C=Cc2ccccc21. The number of rotatable bonds is 7. The molecular weight excluding hydrogens is 391 g/mol. The Labute approximate surface area is 173 Å². The van der Waals surface area contributed by atoms with Gasteiger partial charge in [0.05, 0.1) is 0 Å². The third-order valence-corrected chi connectivity index (χ3v) is 7.29. The van der Waals surface area contributed by atoms with E-state index < -0.39 is 0 Å². The van der Waals surface area contributed by atoms with Crippen LogP contribution in [-0.2, 0) is 24.7 Å². The molecule has 0 radical (unpaired) electrons. The third-order valence-electron chi connectivity index (χ3n) is 6.06. The number of benzene rings is 2. The number of fused-ring (bicyclic) bond motifs is 2. The molecule has 4 rings (SSSR count). The Morgan fingerprint density at radius 3 is 1.92 bits per heavy atom. The third kappa shape index (κ3) is 4.04. The summed E-state index contributed by atoms with van der Waals surface area (Å²) in [5.74, 6) is 1.28. The standard InChI is InChI=1S/C25H27.Zr/c1-19(13-14-23-18-17-21-9-3-5-12-25(21)23)7-6-10-22-16-15-20-8-2-4-11-24(20)22;/h2-5,8-9,11-12,15-18,22-23H,6-7,10,13-14H2,1H3;. The van der Waals surface area contributed by atoms with Gasteiger partial charge < -0.3 is 0 Å². The van der Waals surface area contributed by atoms with Gasteiger partial charge in [0.25, 0.3) is 0 Å². The first kappa shape index (κ1) is 18.2. The van der Waals surface area contributed by atoms with E-state index in [4.69, 9.17) is 0 Å². The van der Waals surface area contributed by atoms with E-state index in [0.29, 0.717) is 15.0 Å². The molecule has 3 atom stereocenters. The van der Waals surface area contributed by atoms with Crippen molar-refractivity contribution < 1.29 is 24.7 Å². The Morgan fingerprint density at radius 1 is 0.769 bits per heavy atom. The zero-order chi connectivity index (χ0) is 18.0. The quantitative estimate of drug-likeness (QED) is 0.443. The van der Waals surface area contributed by atoms with Gasteiger partial charge >= 0.3 is 174 Å². The Balaban J connectivity index is 1.26. The molecule has 1 heteroatoms. The second-order valence-electron chi connectivity index (χ2n) is 8.18. The number of allylic oxidation sites excluding steroid dienone is 2. The van der Waals surface area contributed by atoms with Gasteiger partial charge in [0.15, 0.2) is 0 Å². The minimum absolute atomic E-state index is 0.514. The maximum absolute atomic E-state index is 2.49. The predicted molar refractivity (Wildman–Crippen MR) is 108 cm³/mol. The van der Waals surface area contributed by atoms with E-state index in [0.717, 1.165) is 0 Å². The molecule has 26 heavy (non-hydrogen) atoms. The van der Waals surface area contributed by atoms with Gasteiger partial charge in [-0.3, -0.25) is 0 Å². The first-order valence-electron chi connectivity index (χ1n) is 9.92. The number of hydrogen-bond donors (Lipinski definition) is 0. The molecule has 3 unspecified atom stereocenters. The van der Waals surface area contributed by atoms with Crippen LogP contribution in [0.5, 0.6) is 0 Å². The van der Waals surface area contributed by atoms with Crippen LogP contribution in [0, 0.1) is 0 Å². The zero-order valence-corrected chi connectivity index (χ0v) is 18.1. The summed E-state index contributed by atoms with van der Waals surface area (Å²) >= 11 is 1.70. The summed E-state index contributed by atoms with van der Waals surface area (Å²) in [7, 11) is 0. The Kier molecular flexibility index (Phi) is 5.46. The molecule has 0 bridgehead atoms. The van der Waals surface area contributed by atoms with Crippen molar-refractivity contribution in [1.29, 1.82) is 0 Å². The summed E-state index contributed by atoms with van der Waals surface area (Å²) in [5.41, 5.74) is 5.92. The van der Waals surface area contributed by atoms with Gasteiger partial charge in [-0.2, -0.15) is 0 Å². The second-order valence-corrected chi connectivity index (χ2v) is 11.1. The van der Waals surface area contributed by atoms with Crippen molar-refractivity contribution in [1.82, 2.24) is 0 Å². The van der Waals surface area contributed by atoms with Crippen LogP contribution in [0.2, 0.25) is 3.12 Å². The van der Waals surface area contributed by atoms with Crippen LogP contribution in [0.25, 0.3) is 12.2 Å². The van der Waals surface area contributed by atoms with Crippen molar-refractivity contribution in [3.63, 3.8) is 0 Å². The molecule has 2 aliphatic carbocycles. The van der Waals surface area contributed by atoms with Crippen molar-refractivity contribution in [2.24, 2.45) is 0 Å². The van der Waals surface area contributed by atoms with Crippen molar-refractivity contribution in [2.75, 3.05) is 0 Å².